The first-order valence-corrected chi connectivity index (χ1v) is 5.98. The molecule has 1 unspecified atom stereocenters. The van der Waals surface area contributed by atoms with Crippen LogP contribution in [0, 0.1) is 11.8 Å². The van der Waals surface area contributed by atoms with Crippen LogP contribution in [0.4, 0.5) is 0 Å². The molecular weight excluding hydrogens is 241 g/mol. The van der Waals surface area contributed by atoms with Crippen molar-refractivity contribution in [1.82, 2.24) is 5.32 Å². The fraction of sp³-hybridized carbons (Fsp3) is 0.385. The van der Waals surface area contributed by atoms with Crippen molar-refractivity contribution < 1.29 is 0 Å². The maximum absolute atomic E-state index is 6.10. The minimum absolute atomic E-state index is 0.185. The van der Waals surface area contributed by atoms with Crippen molar-refractivity contribution >= 4 is 23.2 Å². The fourth-order valence-electron chi connectivity index (χ4n) is 1.43. The second-order valence-electron chi connectivity index (χ2n) is 3.52. The molecule has 16 heavy (non-hydrogen) atoms. The lowest BCUT2D eigenvalue weighted by Crippen LogP contribution is -2.19. The van der Waals surface area contributed by atoms with E-state index in [9.17, 15) is 0 Å². The number of rotatable bonds is 4. The molecule has 0 saturated carbocycles. The third-order valence-electron chi connectivity index (χ3n) is 2.30. The molecule has 3 heteroatoms. The third kappa shape index (κ3) is 4.06. The summed E-state index contributed by atoms with van der Waals surface area (Å²) >= 11 is 12.0. The van der Waals surface area contributed by atoms with Gasteiger partial charge in [0.05, 0.1) is 0 Å². The molecule has 1 atom stereocenters. The van der Waals surface area contributed by atoms with E-state index in [1.807, 2.05) is 19.1 Å². The maximum atomic E-state index is 6.10. The van der Waals surface area contributed by atoms with Gasteiger partial charge in [0.1, 0.15) is 0 Å². The number of nitrogens with one attached hydrogen (secondary N) is 1. The van der Waals surface area contributed by atoms with Crippen LogP contribution in [0.1, 0.15) is 31.9 Å². The molecule has 0 bridgehead atoms. The SMILES string of the molecule is CC#CCCNC(C)c1cc(Cl)ccc1Cl. The molecular formula is C13H15Cl2N. The van der Waals surface area contributed by atoms with Gasteiger partial charge in [0, 0.05) is 29.1 Å². The van der Waals surface area contributed by atoms with Gasteiger partial charge in [-0.2, -0.15) is 0 Å². The molecule has 0 amide bonds. The van der Waals surface area contributed by atoms with E-state index in [2.05, 4.69) is 24.1 Å². The number of benzene rings is 1. The first-order valence-electron chi connectivity index (χ1n) is 5.23. The second-order valence-corrected chi connectivity index (χ2v) is 4.36. The Morgan fingerprint density at radius 1 is 1.38 bits per heavy atom. The van der Waals surface area contributed by atoms with Crippen LogP contribution in [-0.4, -0.2) is 6.54 Å². The van der Waals surface area contributed by atoms with Gasteiger partial charge in [0.15, 0.2) is 0 Å². The standard InChI is InChI=1S/C13H15Cl2N/c1-3-4-5-8-16-10(2)12-9-11(14)6-7-13(12)15/h6-7,9-10,16H,5,8H2,1-2H3. The van der Waals surface area contributed by atoms with Gasteiger partial charge in [-0.05, 0) is 37.6 Å². The van der Waals surface area contributed by atoms with E-state index in [4.69, 9.17) is 23.2 Å². The zero-order valence-corrected chi connectivity index (χ0v) is 11.0. The second kappa shape index (κ2) is 6.81. The lowest BCUT2D eigenvalue weighted by molar-refractivity contribution is 0.584. The summed E-state index contributed by atoms with van der Waals surface area (Å²) in [6.45, 7) is 4.76. The van der Waals surface area contributed by atoms with Crippen LogP contribution in [0.2, 0.25) is 10.0 Å². The van der Waals surface area contributed by atoms with Crippen LogP contribution in [0.5, 0.6) is 0 Å². The van der Waals surface area contributed by atoms with Crippen molar-refractivity contribution in [3.05, 3.63) is 33.8 Å². The summed E-state index contributed by atoms with van der Waals surface area (Å²) in [5.41, 5.74) is 1.03. The minimum Gasteiger partial charge on any atom is -0.309 e. The Kier molecular flexibility index (Phi) is 5.69. The third-order valence-corrected chi connectivity index (χ3v) is 2.88. The number of halogens is 2. The molecule has 1 rings (SSSR count). The zero-order valence-electron chi connectivity index (χ0n) is 9.48. The molecule has 0 aliphatic rings. The monoisotopic (exact) mass is 255 g/mol. The van der Waals surface area contributed by atoms with Gasteiger partial charge in [0.2, 0.25) is 0 Å². The van der Waals surface area contributed by atoms with E-state index in [0.717, 1.165) is 23.6 Å². The quantitative estimate of drug-likeness (QED) is 0.632. The smallest absolute Gasteiger partial charge is 0.0454 e. The molecule has 1 aromatic carbocycles. The molecule has 1 N–H and O–H groups in total. The van der Waals surface area contributed by atoms with E-state index in [1.54, 1.807) is 6.07 Å². The molecule has 0 fully saturated rings. The molecule has 0 saturated heterocycles. The average molecular weight is 256 g/mol. The van der Waals surface area contributed by atoms with Crippen molar-refractivity contribution in [1.29, 1.82) is 0 Å². The Morgan fingerprint density at radius 3 is 2.81 bits per heavy atom. The Bertz CT molecular complexity index is 404. The number of hydrogen-bond donors (Lipinski definition) is 1. The van der Waals surface area contributed by atoms with Gasteiger partial charge in [-0.3, -0.25) is 0 Å². The lowest BCUT2D eigenvalue weighted by Gasteiger charge is -2.15. The lowest BCUT2D eigenvalue weighted by atomic mass is 10.1. The normalized spacial score (nSPS) is 11.8. The highest BCUT2D eigenvalue weighted by molar-refractivity contribution is 6.33. The minimum atomic E-state index is 0.185. The van der Waals surface area contributed by atoms with E-state index < -0.39 is 0 Å². The molecule has 0 aliphatic heterocycles. The summed E-state index contributed by atoms with van der Waals surface area (Å²) in [6, 6.07) is 5.70. The predicted molar refractivity (Wildman–Crippen MR) is 70.9 cm³/mol. The molecule has 86 valence electrons. The zero-order chi connectivity index (χ0) is 12.0. The first kappa shape index (κ1) is 13.4. The molecule has 0 aromatic heterocycles. The van der Waals surface area contributed by atoms with Crippen LogP contribution in [0.3, 0.4) is 0 Å². The van der Waals surface area contributed by atoms with Crippen molar-refractivity contribution in [3.63, 3.8) is 0 Å². The van der Waals surface area contributed by atoms with Crippen LogP contribution < -0.4 is 5.32 Å². The van der Waals surface area contributed by atoms with E-state index >= 15 is 0 Å². The Morgan fingerprint density at radius 2 is 2.12 bits per heavy atom. The van der Waals surface area contributed by atoms with Gasteiger partial charge < -0.3 is 5.32 Å². The largest absolute Gasteiger partial charge is 0.309 e. The Labute approximate surface area is 107 Å². The molecule has 0 heterocycles. The maximum Gasteiger partial charge on any atom is 0.0454 e. The summed E-state index contributed by atoms with van der Waals surface area (Å²) in [5.74, 6) is 5.87. The van der Waals surface area contributed by atoms with Crippen molar-refractivity contribution in [2.45, 2.75) is 26.3 Å². The molecule has 0 aliphatic carbocycles. The van der Waals surface area contributed by atoms with Crippen molar-refractivity contribution in [3.8, 4) is 11.8 Å². The van der Waals surface area contributed by atoms with Gasteiger partial charge in [-0.25, -0.2) is 0 Å². The molecule has 1 aromatic rings. The van der Waals surface area contributed by atoms with Gasteiger partial charge in [-0.1, -0.05) is 23.2 Å². The average Bonchev–Trinajstić information content (AvgIpc) is 2.27. The van der Waals surface area contributed by atoms with E-state index in [1.165, 1.54) is 0 Å². The fourth-order valence-corrected chi connectivity index (χ4v) is 1.89. The highest BCUT2D eigenvalue weighted by atomic mass is 35.5. The summed E-state index contributed by atoms with van der Waals surface area (Å²) in [5, 5.41) is 4.81. The summed E-state index contributed by atoms with van der Waals surface area (Å²) in [4.78, 5) is 0. The van der Waals surface area contributed by atoms with E-state index in [-0.39, 0.29) is 6.04 Å². The van der Waals surface area contributed by atoms with Crippen LogP contribution in [0.25, 0.3) is 0 Å². The molecule has 1 nitrogen and oxygen atoms in total. The van der Waals surface area contributed by atoms with Crippen LogP contribution in [0.15, 0.2) is 18.2 Å². The first-order chi connectivity index (χ1) is 7.65. The van der Waals surface area contributed by atoms with Gasteiger partial charge >= 0.3 is 0 Å². The van der Waals surface area contributed by atoms with Crippen molar-refractivity contribution in [2.75, 3.05) is 6.54 Å². The predicted octanol–water partition coefficient (Wildman–Crippen LogP) is 4.06. The number of hydrogen-bond acceptors (Lipinski definition) is 1. The van der Waals surface area contributed by atoms with Crippen LogP contribution >= 0.6 is 23.2 Å². The Balaban J connectivity index is 2.60. The molecule has 0 spiro atoms. The highest BCUT2D eigenvalue weighted by Crippen LogP contribution is 2.25. The van der Waals surface area contributed by atoms with Gasteiger partial charge in [0.25, 0.3) is 0 Å². The summed E-state index contributed by atoms with van der Waals surface area (Å²) in [6.07, 6.45) is 0.846. The van der Waals surface area contributed by atoms with E-state index in [0.29, 0.717) is 5.02 Å². The molecule has 0 radical (unpaired) electrons. The summed E-state index contributed by atoms with van der Waals surface area (Å²) in [7, 11) is 0. The Hall–Kier alpha value is -0.680. The van der Waals surface area contributed by atoms with Crippen molar-refractivity contribution in [2.24, 2.45) is 0 Å². The highest BCUT2D eigenvalue weighted by Gasteiger charge is 2.08. The van der Waals surface area contributed by atoms with Gasteiger partial charge in [-0.15, -0.1) is 11.8 Å². The summed E-state index contributed by atoms with van der Waals surface area (Å²) < 4.78 is 0. The van der Waals surface area contributed by atoms with Crippen LogP contribution in [-0.2, 0) is 0 Å². The topological polar surface area (TPSA) is 12.0 Å².